The molecule has 1 heterocycles. The zero-order valence-corrected chi connectivity index (χ0v) is 13.9. The van der Waals surface area contributed by atoms with E-state index in [0.717, 1.165) is 12.8 Å². The largest absolute Gasteiger partial charge is 0.450 e. The number of nitrogens with zero attached hydrogens (tertiary/aromatic N) is 3. The lowest BCUT2D eigenvalue weighted by Crippen LogP contribution is -2.53. The number of piperazine rings is 1. The van der Waals surface area contributed by atoms with Gasteiger partial charge in [0.15, 0.2) is 0 Å². The van der Waals surface area contributed by atoms with Crippen LogP contribution >= 0.6 is 0 Å². The van der Waals surface area contributed by atoms with E-state index in [1.807, 2.05) is 6.92 Å². The molecule has 0 spiro atoms. The van der Waals surface area contributed by atoms with Crippen LogP contribution in [0.5, 0.6) is 0 Å². The number of amides is 3. The van der Waals surface area contributed by atoms with Gasteiger partial charge in [-0.15, -0.1) is 0 Å². The zero-order valence-electron chi connectivity index (χ0n) is 13.9. The van der Waals surface area contributed by atoms with E-state index in [1.54, 1.807) is 16.7 Å². The molecule has 0 saturated carbocycles. The van der Waals surface area contributed by atoms with E-state index in [0.29, 0.717) is 50.7 Å². The van der Waals surface area contributed by atoms with Crippen LogP contribution in [-0.4, -0.2) is 77.8 Å². The monoisotopic (exact) mass is 329 g/mol. The van der Waals surface area contributed by atoms with Crippen LogP contribution in [0.1, 0.15) is 33.1 Å². The summed E-state index contributed by atoms with van der Waals surface area (Å²) in [7, 11) is 0. The highest BCUT2D eigenvalue weighted by Gasteiger charge is 2.29. The first-order valence-corrected chi connectivity index (χ1v) is 8.14. The number of hydroxylamine groups is 2. The summed E-state index contributed by atoms with van der Waals surface area (Å²) < 4.78 is 4.95. The minimum absolute atomic E-state index is 0.000421. The van der Waals surface area contributed by atoms with Gasteiger partial charge in [0.1, 0.15) is 0 Å². The number of rotatable bonds is 8. The van der Waals surface area contributed by atoms with Crippen molar-refractivity contribution in [2.75, 3.05) is 39.3 Å². The standard InChI is InChI=1S/C15H27N3O5/c1-3-5-6-13(11-18(22)12-19)14(20)16-7-9-17(10-8-16)15(21)23-4-2/h12-13,22H,3-11H2,1-2H3/t13-/m1/s1. The van der Waals surface area contributed by atoms with Crippen LogP contribution in [0, 0.1) is 5.92 Å². The highest BCUT2D eigenvalue weighted by Crippen LogP contribution is 2.15. The predicted molar refractivity (Wildman–Crippen MR) is 82.7 cm³/mol. The van der Waals surface area contributed by atoms with Crippen LogP contribution in [0.25, 0.3) is 0 Å². The van der Waals surface area contributed by atoms with E-state index >= 15 is 0 Å². The van der Waals surface area contributed by atoms with Crippen molar-refractivity contribution in [3.05, 3.63) is 0 Å². The van der Waals surface area contributed by atoms with Crippen LogP contribution in [-0.2, 0) is 14.3 Å². The summed E-state index contributed by atoms with van der Waals surface area (Å²) in [5, 5.41) is 9.89. The number of unbranched alkanes of at least 4 members (excludes halogenated alkanes) is 1. The summed E-state index contributed by atoms with van der Waals surface area (Å²) in [5.74, 6) is -0.498. The normalized spacial score (nSPS) is 16.0. The molecule has 0 aromatic rings. The first-order chi connectivity index (χ1) is 11.0. The van der Waals surface area contributed by atoms with Gasteiger partial charge in [0.05, 0.1) is 19.1 Å². The molecule has 0 aliphatic carbocycles. The van der Waals surface area contributed by atoms with Gasteiger partial charge < -0.3 is 14.5 Å². The van der Waals surface area contributed by atoms with Crippen LogP contribution in [0.15, 0.2) is 0 Å². The fourth-order valence-electron chi connectivity index (χ4n) is 2.59. The molecule has 1 fully saturated rings. The van der Waals surface area contributed by atoms with Crippen molar-refractivity contribution in [2.24, 2.45) is 5.92 Å². The molecule has 8 heteroatoms. The van der Waals surface area contributed by atoms with Crippen molar-refractivity contribution < 1.29 is 24.3 Å². The van der Waals surface area contributed by atoms with Gasteiger partial charge in [0.2, 0.25) is 12.3 Å². The molecular formula is C15H27N3O5. The van der Waals surface area contributed by atoms with Gasteiger partial charge in [-0.1, -0.05) is 19.8 Å². The average molecular weight is 329 g/mol. The molecule has 0 bridgehead atoms. The van der Waals surface area contributed by atoms with Crippen molar-refractivity contribution in [1.29, 1.82) is 0 Å². The van der Waals surface area contributed by atoms with Crippen LogP contribution in [0.3, 0.4) is 0 Å². The molecule has 1 saturated heterocycles. The second kappa shape index (κ2) is 10.0. The predicted octanol–water partition coefficient (Wildman–Crippen LogP) is 0.941. The third-order valence-corrected chi connectivity index (χ3v) is 3.90. The molecule has 1 aliphatic rings. The van der Waals surface area contributed by atoms with Crippen molar-refractivity contribution in [3.63, 3.8) is 0 Å². The van der Waals surface area contributed by atoms with E-state index in [4.69, 9.17) is 4.74 Å². The summed E-state index contributed by atoms with van der Waals surface area (Å²) in [4.78, 5) is 38.1. The maximum Gasteiger partial charge on any atom is 0.409 e. The third kappa shape index (κ3) is 6.05. The number of hydrogen-bond donors (Lipinski definition) is 1. The summed E-state index contributed by atoms with van der Waals surface area (Å²) in [5.41, 5.74) is 0. The number of carbonyl (C=O) groups is 3. The fourth-order valence-corrected chi connectivity index (χ4v) is 2.59. The lowest BCUT2D eigenvalue weighted by molar-refractivity contribution is -0.157. The molecule has 1 N–H and O–H groups in total. The minimum atomic E-state index is -0.417. The first kappa shape index (κ1) is 19.2. The van der Waals surface area contributed by atoms with Crippen molar-refractivity contribution >= 4 is 18.4 Å². The molecule has 1 atom stereocenters. The highest BCUT2D eigenvalue weighted by atomic mass is 16.6. The Bertz CT molecular complexity index is 397. The van der Waals surface area contributed by atoms with E-state index in [2.05, 4.69) is 0 Å². The molecule has 0 aromatic carbocycles. The Labute approximate surface area is 136 Å². The molecule has 1 aliphatic heterocycles. The topological polar surface area (TPSA) is 90.4 Å². The Balaban J connectivity index is 2.56. The SMILES string of the molecule is CCCC[C@H](CN(O)C=O)C(=O)N1CCN(C(=O)OCC)CC1. The maximum atomic E-state index is 12.6. The third-order valence-electron chi connectivity index (χ3n) is 3.90. The van der Waals surface area contributed by atoms with Crippen molar-refractivity contribution in [3.8, 4) is 0 Å². The quantitative estimate of drug-likeness (QED) is 0.407. The molecule has 23 heavy (non-hydrogen) atoms. The van der Waals surface area contributed by atoms with Gasteiger partial charge in [-0.25, -0.2) is 9.86 Å². The van der Waals surface area contributed by atoms with E-state index < -0.39 is 5.92 Å². The molecule has 1 rings (SSSR count). The summed E-state index contributed by atoms with van der Waals surface area (Å²) in [6.45, 7) is 5.85. The Morgan fingerprint density at radius 2 is 1.83 bits per heavy atom. The smallest absolute Gasteiger partial charge is 0.409 e. The van der Waals surface area contributed by atoms with Gasteiger partial charge in [0.25, 0.3) is 0 Å². The lowest BCUT2D eigenvalue weighted by atomic mass is 10.00. The highest BCUT2D eigenvalue weighted by molar-refractivity contribution is 5.79. The van der Waals surface area contributed by atoms with E-state index in [-0.39, 0.29) is 18.5 Å². The van der Waals surface area contributed by atoms with Gasteiger partial charge in [-0.3, -0.25) is 14.8 Å². The Morgan fingerprint density at radius 1 is 1.22 bits per heavy atom. The Morgan fingerprint density at radius 3 is 2.35 bits per heavy atom. The van der Waals surface area contributed by atoms with Gasteiger partial charge in [0, 0.05) is 26.2 Å². The van der Waals surface area contributed by atoms with Crippen LogP contribution in [0.4, 0.5) is 4.79 Å². The average Bonchev–Trinajstić information content (AvgIpc) is 2.58. The molecule has 0 aromatic heterocycles. The maximum absolute atomic E-state index is 12.6. The van der Waals surface area contributed by atoms with Crippen LogP contribution in [0.2, 0.25) is 0 Å². The van der Waals surface area contributed by atoms with Gasteiger partial charge in [-0.2, -0.15) is 0 Å². The molecule has 0 radical (unpaired) electrons. The number of hydrogen-bond acceptors (Lipinski definition) is 5. The summed E-state index contributed by atoms with van der Waals surface area (Å²) >= 11 is 0. The second-order valence-corrected chi connectivity index (χ2v) is 5.58. The van der Waals surface area contributed by atoms with Crippen molar-refractivity contribution in [2.45, 2.75) is 33.1 Å². The van der Waals surface area contributed by atoms with Gasteiger partial charge in [-0.05, 0) is 13.3 Å². The van der Waals surface area contributed by atoms with Crippen LogP contribution < -0.4 is 0 Å². The van der Waals surface area contributed by atoms with E-state index in [9.17, 15) is 19.6 Å². The molecule has 0 unspecified atom stereocenters. The Kier molecular flexibility index (Phi) is 8.39. The van der Waals surface area contributed by atoms with Crippen molar-refractivity contribution in [1.82, 2.24) is 14.9 Å². The van der Waals surface area contributed by atoms with Gasteiger partial charge >= 0.3 is 6.09 Å². The first-order valence-electron chi connectivity index (χ1n) is 8.14. The molecule has 8 nitrogen and oxygen atoms in total. The Hall–Kier alpha value is -1.83. The summed E-state index contributed by atoms with van der Waals surface area (Å²) in [6, 6.07) is 0. The second-order valence-electron chi connectivity index (χ2n) is 5.58. The number of ether oxygens (including phenoxy) is 1. The summed E-state index contributed by atoms with van der Waals surface area (Å²) in [6.07, 6.45) is 2.37. The molecule has 3 amide bonds. The minimum Gasteiger partial charge on any atom is -0.450 e. The number of carbonyl (C=O) groups excluding carboxylic acids is 3. The zero-order chi connectivity index (χ0) is 17.2. The molecule has 132 valence electrons. The fraction of sp³-hybridized carbons (Fsp3) is 0.800. The molecular weight excluding hydrogens is 302 g/mol. The van der Waals surface area contributed by atoms with E-state index in [1.165, 1.54) is 0 Å². The lowest BCUT2D eigenvalue weighted by Gasteiger charge is -2.36.